The SMILES string of the molecule is Cc1nc(C)c(C(C)NC[C@H](C)O)s1. The van der Waals surface area contributed by atoms with Crippen LogP contribution in [0.15, 0.2) is 0 Å². The highest BCUT2D eigenvalue weighted by atomic mass is 32.1. The first-order valence-electron chi connectivity index (χ1n) is 4.86. The van der Waals surface area contributed by atoms with E-state index >= 15 is 0 Å². The van der Waals surface area contributed by atoms with Crippen LogP contribution in [0.1, 0.15) is 35.5 Å². The van der Waals surface area contributed by atoms with Crippen molar-refractivity contribution >= 4 is 11.3 Å². The zero-order valence-corrected chi connectivity index (χ0v) is 9.98. The van der Waals surface area contributed by atoms with E-state index in [0.29, 0.717) is 6.54 Å². The van der Waals surface area contributed by atoms with E-state index < -0.39 is 0 Å². The molecule has 0 aliphatic rings. The number of aromatic nitrogens is 1. The minimum atomic E-state index is -0.299. The van der Waals surface area contributed by atoms with Gasteiger partial charge in [0.15, 0.2) is 0 Å². The summed E-state index contributed by atoms with van der Waals surface area (Å²) < 4.78 is 0. The van der Waals surface area contributed by atoms with Crippen LogP contribution in [0.5, 0.6) is 0 Å². The average molecular weight is 214 g/mol. The number of aliphatic hydroxyl groups is 1. The highest BCUT2D eigenvalue weighted by Gasteiger charge is 2.12. The van der Waals surface area contributed by atoms with E-state index in [0.717, 1.165) is 10.7 Å². The average Bonchev–Trinajstić information content (AvgIpc) is 2.41. The quantitative estimate of drug-likeness (QED) is 0.803. The van der Waals surface area contributed by atoms with Gasteiger partial charge in [-0.25, -0.2) is 4.98 Å². The largest absolute Gasteiger partial charge is 0.392 e. The molecular weight excluding hydrogens is 196 g/mol. The van der Waals surface area contributed by atoms with Crippen LogP contribution in [-0.2, 0) is 0 Å². The number of thiazole rings is 1. The summed E-state index contributed by atoms with van der Waals surface area (Å²) in [5, 5.41) is 13.5. The van der Waals surface area contributed by atoms with Gasteiger partial charge in [0, 0.05) is 17.5 Å². The number of nitrogens with one attached hydrogen (secondary N) is 1. The van der Waals surface area contributed by atoms with Gasteiger partial charge < -0.3 is 10.4 Å². The van der Waals surface area contributed by atoms with Crippen LogP contribution < -0.4 is 5.32 Å². The van der Waals surface area contributed by atoms with Gasteiger partial charge in [-0.15, -0.1) is 11.3 Å². The summed E-state index contributed by atoms with van der Waals surface area (Å²) in [6.07, 6.45) is -0.299. The van der Waals surface area contributed by atoms with Gasteiger partial charge in [0.1, 0.15) is 0 Å². The Morgan fingerprint density at radius 3 is 2.50 bits per heavy atom. The molecule has 2 atom stereocenters. The number of nitrogens with zero attached hydrogens (tertiary/aromatic N) is 1. The minimum absolute atomic E-state index is 0.274. The Bertz CT molecular complexity index is 296. The maximum atomic E-state index is 9.15. The van der Waals surface area contributed by atoms with Crippen molar-refractivity contribution in [3.63, 3.8) is 0 Å². The lowest BCUT2D eigenvalue weighted by molar-refractivity contribution is 0.187. The van der Waals surface area contributed by atoms with Crippen molar-refractivity contribution in [2.24, 2.45) is 0 Å². The molecule has 0 amide bonds. The van der Waals surface area contributed by atoms with Gasteiger partial charge in [-0.3, -0.25) is 0 Å². The second-order valence-electron chi connectivity index (χ2n) is 3.66. The molecule has 0 fully saturated rings. The molecule has 0 bridgehead atoms. The number of aliphatic hydroxyl groups excluding tert-OH is 1. The fourth-order valence-corrected chi connectivity index (χ4v) is 2.34. The van der Waals surface area contributed by atoms with Crippen molar-refractivity contribution in [2.45, 2.75) is 39.8 Å². The van der Waals surface area contributed by atoms with Crippen molar-refractivity contribution in [1.29, 1.82) is 0 Å². The highest BCUT2D eigenvalue weighted by molar-refractivity contribution is 7.11. The Kier molecular flexibility index (Phi) is 4.04. The molecule has 3 nitrogen and oxygen atoms in total. The molecular formula is C10H18N2OS. The normalized spacial score (nSPS) is 15.5. The third-order valence-electron chi connectivity index (χ3n) is 2.05. The third-order valence-corrected chi connectivity index (χ3v) is 3.31. The summed E-state index contributed by atoms with van der Waals surface area (Å²) in [5.41, 5.74) is 1.10. The number of rotatable bonds is 4. The lowest BCUT2D eigenvalue weighted by atomic mass is 10.2. The first-order chi connectivity index (χ1) is 6.50. The molecule has 0 radical (unpaired) electrons. The van der Waals surface area contributed by atoms with E-state index in [1.165, 1.54) is 4.88 Å². The highest BCUT2D eigenvalue weighted by Crippen LogP contribution is 2.24. The molecule has 0 aromatic carbocycles. The van der Waals surface area contributed by atoms with Crippen LogP contribution >= 0.6 is 11.3 Å². The molecule has 4 heteroatoms. The zero-order valence-electron chi connectivity index (χ0n) is 9.16. The van der Waals surface area contributed by atoms with Crippen molar-refractivity contribution in [2.75, 3.05) is 6.54 Å². The Hall–Kier alpha value is -0.450. The van der Waals surface area contributed by atoms with Gasteiger partial charge in [0.25, 0.3) is 0 Å². The van der Waals surface area contributed by atoms with Gasteiger partial charge >= 0.3 is 0 Å². The molecule has 0 saturated heterocycles. The zero-order chi connectivity index (χ0) is 10.7. The molecule has 0 spiro atoms. The van der Waals surface area contributed by atoms with Crippen molar-refractivity contribution < 1.29 is 5.11 Å². The maximum Gasteiger partial charge on any atom is 0.0900 e. The Balaban J connectivity index is 2.60. The van der Waals surface area contributed by atoms with E-state index in [2.05, 4.69) is 17.2 Å². The molecule has 80 valence electrons. The van der Waals surface area contributed by atoms with Crippen LogP contribution in [0.3, 0.4) is 0 Å². The number of aryl methyl sites for hydroxylation is 2. The molecule has 1 aromatic rings. The third kappa shape index (κ3) is 3.04. The minimum Gasteiger partial charge on any atom is -0.392 e. The van der Waals surface area contributed by atoms with Crippen LogP contribution in [0.2, 0.25) is 0 Å². The van der Waals surface area contributed by atoms with E-state index in [-0.39, 0.29) is 12.1 Å². The first-order valence-corrected chi connectivity index (χ1v) is 5.67. The second kappa shape index (κ2) is 4.87. The summed E-state index contributed by atoms with van der Waals surface area (Å²) in [4.78, 5) is 5.64. The molecule has 2 N–H and O–H groups in total. The first kappa shape index (κ1) is 11.6. The van der Waals surface area contributed by atoms with Crippen molar-refractivity contribution in [1.82, 2.24) is 10.3 Å². The van der Waals surface area contributed by atoms with E-state index in [4.69, 9.17) is 5.11 Å². The summed E-state index contributed by atoms with van der Waals surface area (Å²) in [7, 11) is 0. The molecule has 0 saturated carbocycles. The van der Waals surface area contributed by atoms with E-state index in [9.17, 15) is 0 Å². The van der Waals surface area contributed by atoms with Crippen LogP contribution in [-0.4, -0.2) is 22.7 Å². The standard InChI is InChI=1S/C10H18N2OS/c1-6(13)5-11-7(2)10-8(3)12-9(4)14-10/h6-7,11,13H,5H2,1-4H3/t6-,7?/m0/s1. The Morgan fingerprint density at radius 2 is 2.07 bits per heavy atom. The lowest BCUT2D eigenvalue weighted by Gasteiger charge is -2.13. The Labute approximate surface area is 89.2 Å². The van der Waals surface area contributed by atoms with Crippen molar-refractivity contribution in [3.8, 4) is 0 Å². The maximum absolute atomic E-state index is 9.15. The fraction of sp³-hybridized carbons (Fsp3) is 0.700. The van der Waals surface area contributed by atoms with Gasteiger partial charge in [0.2, 0.25) is 0 Å². The predicted octanol–water partition coefficient (Wildman–Crippen LogP) is 1.79. The van der Waals surface area contributed by atoms with Crippen molar-refractivity contribution in [3.05, 3.63) is 15.6 Å². The van der Waals surface area contributed by atoms with Gasteiger partial charge in [-0.2, -0.15) is 0 Å². The van der Waals surface area contributed by atoms with Crippen LogP contribution in [0.4, 0.5) is 0 Å². The summed E-state index contributed by atoms with van der Waals surface area (Å²) in [6, 6.07) is 0.274. The van der Waals surface area contributed by atoms with Gasteiger partial charge in [-0.05, 0) is 27.7 Å². The summed E-state index contributed by atoms with van der Waals surface area (Å²) in [5.74, 6) is 0. The fourth-order valence-electron chi connectivity index (χ4n) is 1.39. The second-order valence-corrected chi connectivity index (χ2v) is 4.90. The molecule has 0 aliphatic heterocycles. The number of hydrogen-bond acceptors (Lipinski definition) is 4. The topological polar surface area (TPSA) is 45.2 Å². The van der Waals surface area contributed by atoms with Gasteiger partial charge in [-0.1, -0.05) is 0 Å². The monoisotopic (exact) mass is 214 g/mol. The molecule has 1 aromatic heterocycles. The molecule has 1 heterocycles. The Morgan fingerprint density at radius 1 is 1.43 bits per heavy atom. The molecule has 0 aliphatic carbocycles. The number of hydrogen-bond donors (Lipinski definition) is 2. The van der Waals surface area contributed by atoms with Crippen LogP contribution in [0.25, 0.3) is 0 Å². The molecule has 14 heavy (non-hydrogen) atoms. The molecule has 1 rings (SSSR count). The molecule has 1 unspecified atom stereocenters. The predicted molar refractivity (Wildman–Crippen MR) is 59.7 cm³/mol. The lowest BCUT2D eigenvalue weighted by Crippen LogP contribution is -2.27. The summed E-state index contributed by atoms with van der Waals surface area (Å²) in [6.45, 7) is 8.55. The van der Waals surface area contributed by atoms with E-state index in [1.54, 1.807) is 18.3 Å². The van der Waals surface area contributed by atoms with E-state index in [1.807, 2.05) is 13.8 Å². The van der Waals surface area contributed by atoms with Crippen LogP contribution in [0, 0.1) is 13.8 Å². The van der Waals surface area contributed by atoms with Gasteiger partial charge in [0.05, 0.1) is 16.8 Å². The smallest absolute Gasteiger partial charge is 0.0900 e. The summed E-state index contributed by atoms with van der Waals surface area (Å²) >= 11 is 1.72.